The van der Waals surface area contributed by atoms with Crippen LogP contribution in [0.1, 0.15) is 43.2 Å². The average molecular weight is 390 g/mol. The van der Waals surface area contributed by atoms with Crippen molar-refractivity contribution in [2.24, 2.45) is 28.9 Å². The molecule has 5 atom stereocenters. The van der Waals surface area contributed by atoms with E-state index in [0.29, 0.717) is 47.2 Å². The molecule has 4 saturated carbocycles. The first kappa shape index (κ1) is 18.3. The molecule has 2 aromatic rings. The van der Waals surface area contributed by atoms with Gasteiger partial charge in [0, 0.05) is 31.5 Å². The van der Waals surface area contributed by atoms with Crippen LogP contribution in [-0.4, -0.2) is 27.5 Å². The topological polar surface area (TPSA) is 113 Å². The number of hydrogen-bond acceptors (Lipinski definition) is 7. The van der Waals surface area contributed by atoms with E-state index in [2.05, 4.69) is 31.7 Å². The van der Waals surface area contributed by atoms with Gasteiger partial charge in [-0.05, 0) is 73.0 Å². The zero-order valence-corrected chi connectivity index (χ0v) is 16.5. The lowest BCUT2D eigenvalue weighted by atomic mass is 9.48. The van der Waals surface area contributed by atoms with Gasteiger partial charge in [-0.2, -0.15) is 10.2 Å². The summed E-state index contributed by atoms with van der Waals surface area (Å²) in [5.41, 5.74) is 8.38. The van der Waals surface area contributed by atoms with Crippen molar-refractivity contribution in [2.75, 3.05) is 17.2 Å². The van der Waals surface area contributed by atoms with Gasteiger partial charge < -0.3 is 16.4 Å². The third-order valence-corrected chi connectivity index (χ3v) is 7.21. The van der Waals surface area contributed by atoms with Crippen LogP contribution in [0.3, 0.4) is 0 Å². The molecule has 7 heteroatoms. The summed E-state index contributed by atoms with van der Waals surface area (Å²) in [7, 11) is 0. The van der Waals surface area contributed by atoms with Crippen LogP contribution in [0.15, 0.2) is 30.7 Å². The molecule has 0 aromatic carbocycles. The number of hydrogen-bond donors (Lipinski definition) is 3. The predicted octanol–water partition coefficient (Wildman–Crippen LogP) is 2.92. The summed E-state index contributed by atoms with van der Waals surface area (Å²) < 4.78 is 0. The Morgan fingerprint density at radius 1 is 1.14 bits per heavy atom. The van der Waals surface area contributed by atoms with Gasteiger partial charge in [-0.3, -0.25) is 4.98 Å². The van der Waals surface area contributed by atoms with E-state index in [9.17, 15) is 5.26 Å². The van der Waals surface area contributed by atoms with Crippen molar-refractivity contribution in [3.05, 3.63) is 41.9 Å². The average Bonchev–Trinajstić information content (AvgIpc) is 2.75. The van der Waals surface area contributed by atoms with Crippen LogP contribution in [0.4, 0.5) is 11.8 Å². The predicted molar refractivity (Wildman–Crippen MR) is 111 cm³/mol. The van der Waals surface area contributed by atoms with Gasteiger partial charge in [0.2, 0.25) is 5.95 Å². The summed E-state index contributed by atoms with van der Waals surface area (Å²) in [6.07, 6.45) is 11.4. The molecule has 0 amide bonds. The minimum absolute atomic E-state index is 0.300. The summed E-state index contributed by atoms with van der Waals surface area (Å²) in [5.74, 6) is 3.31. The lowest BCUT2D eigenvalue weighted by Crippen LogP contribution is -2.58. The molecule has 2 aromatic heterocycles. The Balaban J connectivity index is 1.29. The first-order chi connectivity index (χ1) is 14.1. The number of pyridine rings is 1. The van der Waals surface area contributed by atoms with Crippen LogP contribution in [-0.2, 0) is 6.54 Å². The molecular weight excluding hydrogens is 362 g/mol. The van der Waals surface area contributed by atoms with Gasteiger partial charge in [0.1, 0.15) is 17.5 Å². The second-order valence-corrected chi connectivity index (χ2v) is 9.18. The number of rotatable bonds is 6. The molecule has 1 unspecified atom stereocenters. The minimum Gasteiger partial charge on any atom is -0.368 e. The summed E-state index contributed by atoms with van der Waals surface area (Å²) in [6.45, 7) is 1.47. The number of anilines is 2. The van der Waals surface area contributed by atoms with Gasteiger partial charge in [0.15, 0.2) is 0 Å². The van der Waals surface area contributed by atoms with E-state index < -0.39 is 0 Å². The molecule has 7 nitrogen and oxygen atoms in total. The maximum atomic E-state index is 9.50. The van der Waals surface area contributed by atoms with Crippen LogP contribution in [0.25, 0.3) is 0 Å². The fourth-order valence-electron chi connectivity index (χ4n) is 6.09. The largest absolute Gasteiger partial charge is 0.368 e. The first-order valence-electron chi connectivity index (χ1n) is 10.5. The van der Waals surface area contributed by atoms with E-state index in [1.165, 1.54) is 32.1 Å². The Labute approximate surface area is 171 Å². The van der Waals surface area contributed by atoms with Crippen LogP contribution in [0.2, 0.25) is 0 Å². The molecule has 6 rings (SSSR count). The molecule has 4 aliphatic rings. The SMILES string of the molecule is N#Cc1cnc(NCc2ccncc2)nc1NC[C@@]12CC3C[C@H](C1)[C@@H](N)[C@@H](C3)C2. The molecule has 4 N–H and O–H groups in total. The van der Waals surface area contributed by atoms with Gasteiger partial charge in [-0.25, -0.2) is 4.98 Å². The monoisotopic (exact) mass is 389 g/mol. The zero-order chi connectivity index (χ0) is 19.8. The second kappa shape index (κ2) is 7.27. The van der Waals surface area contributed by atoms with Crippen molar-refractivity contribution in [3.63, 3.8) is 0 Å². The number of nitrogens with one attached hydrogen (secondary N) is 2. The van der Waals surface area contributed by atoms with Crippen molar-refractivity contribution >= 4 is 11.8 Å². The van der Waals surface area contributed by atoms with Crippen molar-refractivity contribution < 1.29 is 0 Å². The lowest BCUT2D eigenvalue weighted by molar-refractivity contribution is -0.0591. The van der Waals surface area contributed by atoms with Gasteiger partial charge >= 0.3 is 0 Å². The Kier molecular flexibility index (Phi) is 4.59. The van der Waals surface area contributed by atoms with Crippen LogP contribution in [0.5, 0.6) is 0 Å². The minimum atomic E-state index is 0.300. The molecule has 29 heavy (non-hydrogen) atoms. The van der Waals surface area contributed by atoms with E-state index in [1.807, 2.05) is 12.1 Å². The number of nitrogens with two attached hydrogens (primary N) is 1. The van der Waals surface area contributed by atoms with Crippen molar-refractivity contribution in [1.29, 1.82) is 5.26 Å². The first-order valence-corrected chi connectivity index (χ1v) is 10.5. The highest BCUT2D eigenvalue weighted by Crippen LogP contribution is 2.59. The normalized spacial score (nSPS) is 32.0. The third-order valence-electron chi connectivity index (χ3n) is 7.21. The Bertz CT molecular complexity index is 907. The van der Waals surface area contributed by atoms with Crippen molar-refractivity contribution in [1.82, 2.24) is 15.0 Å². The summed E-state index contributed by atoms with van der Waals surface area (Å²) >= 11 is 0. The van der Waals surface area contributed by atoms with E-state index in [4.69, 9.17) is 5.73 Å². The lowest BCUT2D eigenvalue weighted by Gasteiger charge is -2.59. The van der Waals surface area contributed by atoms with Gasteiger partial charge in [0.05, 0.1) is 6.20 Å². The zero-order valence-electron chi connectivity index (χ0n) is 16.5. The number of nitrogens with zero attached hydrogens (tertiary/aromatic N) is 4. The molecule has 150 valence electrons. The van der Waals surface area contributed by atoms with Crippen LogP contribution < -0.4 is 16.4 Å². The maximum Gasteiger partial charge on any atom is 0.224 e. The molecule has 4 bridgehead atoms. The Hall–Kier alpha value is -2.72. The molecule has 4 fully saturated rings. The third kappa shape index (κ3) is 3.53. The van der Waals surface area contributed by atoms with Crippen molar-refractivity contribution in [2.45, 2.75) is 44.7 Å². The second-order valence-electron chi connectivity index (χ2n) is 9.18. The van der Waals surface area contributed by atoms with E-state index >= 15 is 0 Å². The molecule has 0 aliphatic heterocycles. The Morgan fingerprint density at radius 2 is 1.90 bits per heavy atom. The van der Waals surface area contributed by atoms with Gasteiger partial charge in [-0.15, -0.1) is 0 Å². The van der Waals surface area contributed by atoms with Gasteiger partial charge in [0.25, 0.3) is 0 Å². The molecule has 0 radical (unpaired) electrons. The highest BCUT2D eigenvalue weighted by molar-refractivity contribution is 5.53. The highest BCUT2D eigenvalue weighted by Gasteiger charge is 2.54. The standard InChI is InChI=1S/C22H27N7/c23-10-18-12-27-21(26-11-14-1-3-25-4-2-14)29-20(18)28-13-22-7-15-5-16(8-22)19(24)17(6-15)9-22/h1-4,12,15-17,19H,5-9,11,13,24H2,(H2,26,27,28,29)/t15?,16-,17+,19-,22+. The highest BCUT2D eigenvalue weighted by atomic mass is 15.1. The Morgan fingerprint density at radius 3 is 2.62 bits per heavy atom. The molecule has 4 aliphatic carbocycles. The number of nitriles is 1. The van der Waals surface area contributed by atoms with Crippen molar-refractivity contribution in [3.8, 4) is 6.07 Å². The summed E-state index contributed by atoms with van der Waals surface area (Å²) in [6, 6.07) is 6.51. The molecule has 0 spiro atoms. The summed E-state index contributed by atoms with van der Waals surface area (Å²) in [4.78, 5) is 12.9. The van der Waals surface area contributed by atoms with E-state index in [0.717, 1.165) is 18.0 Å². The fraction of sp³-hybridized carbons (Fsp3) is 0.545. The van der Waals surface area contributed by atoms with Crippen LogP contribution in [0, 0.1) is 34.5 Å². The smallest absolute Gasteiger partial charge is 0.224 e. The maximum absolute atomic E-state index is 9.50. The van der Waals surface area contributed by atoms with E-state index in [1.54, 1.807) is 18.6 Å². The van der Waals surface area contributed by atoms with Gasteiger partial charge in [-0.1, -0.05) is 0 Å². The quantitative estimate of drug-likeness (QED) is 0.696. The van der Waals surface area contributed by atoms with E-state index in [-0.39, 0.29) is 0 Å². The molecular formula is C22H27N7. The molecule has 2 heterocycles. The fourth-order valence-corrected chi connectivity index (χ4v) is 6.09. The van der Waals surface area contributed by atoms with Crippen LogP contribution >= 0.6 is 0 Å². The molecule has 0 saturated heterocycles. The summed E-state index contributed by atoms with van der Waals surface area (Å²) in [5, 5.41) is 16.2. The number of aromatic nitrogens is 3.